The van der Waals surface area contributed by atoms with Crippen molar-refractivity contribution >= 4 is 6.29 Å². The molecule has 0 N–H and O–H groups in total. The van der Waals surface area contributed by atoms with Gasteiger partial charge in [-0.3, -0.25) is 4.79 Å². The van der Waals surface area contributed by atoms with Gasteiger partial charge in [0, 0.05) is 11.7 Å². The average Bonchev–Trinajstić information content (AvgIpc) is 2.58. The Labute approximate surface area is 92.3 Å². The molecule has 0 aliphatic rings. The van der Waals surface area contributed by atoms with E-state index in [1.807, 2.05) is 6.07 Å². The second-order valence-electron chi connectivity index (χ2n) is 4.59. The summed E-state index contributed by atoms with van der Waals surface area (Å²) in [4.78, 5) is 10.9. The van der Waals surface area contributed by atoms with Crippen molar-refractivity contribution in [2.24, 2.45) is 5.92 Å². The third-order valence-electron chi connectivity index (χ3n) is 2.80. The number of aldehydes is 1. The Morgan fingerprint density at radius 3 is 2.47 bits per heavy atom. The molecule has 0 aliphatic carbocycles. The van der Waals surface area contributed by atoms with Gasteiger partial charge in [-0.1, -0.05) is 20.8 Å². The molecule has 1 aromatic heterocycles. The fourth-order valence-corrected chi connectivity index (χ4v) is 1.91. The minimum atomic E-state index is 0.411. The number of carbonyl (C=O) groups is 1. The predicted octanol–water partition coefficient (Wildman–Crippen LogP) is 3.47. The van der Waals surface area contributed by atoms with E-state index < -0.39 is 0 Å². The fraction of sp³-hybridized carbons (Fsp3) is 0.615. The highest BCUT2D eigenvalue weighted by Gasteiger charge is 2.12. The molecule has 0 aromatic carbocycles. The maximum atomic E-state index is 10.9. The molecule has 0 aliphatic heterocycles. The molecular formula is C13H21NO. The standard InChI is InChI=1S/C13H21NO/c1-5-11(4)14-12(8-10(2)3)6-7-13(14)9-15/h6-7,9-11H,5,8H2,1-4H3/t11-/m0/s1. The summed E-state index contributed by atoms with van der Waals surface area (Å²) in [5.41, 5.74) is 2.08. The van der Waals surface area contributed by atoms with Crippen molar-refractivity contribution in [3.63, 3.8) is 0 Å². The van der Waals surface area contributed by atoms with Crippen molar-refractivity contribution in [2.75, 3.05) is 0 Å². The summed E-state index contributed by atoms with van der Waals surface area (Å²) < 4.78 is 2.17. The van der Waals surface area contributed by atoms with Gasteiger partial charge in [0.25, 0.3) is 0 Å². The Kier molecular flexibility index (Phi) is 4.13. The summed E-state index contributed by atoms with van der Waals surface area (Å²) in [5.74, 6) is 0.627. The zero-order chi connectivity index (χ0) is 11.4. The Morgan fingerprint density at radius 1 is 1.33 bits per heavy atom. The average molecular weight is 207 g/mol. The Balaban J connectivity index is 3.05. The van der Waals surface area contributed by atoms with Crippen LogP contribution in [0, 0.1) is 5.92 Å². The van der Waals surface area contributed by atoms with Gasteiger partial charge in [0.15, 0.2) is 6.29 Å². The fourth-order valence-electron chi connectivity index (χ4n) is 1.91. The summed E-state index contributed by atoms with van der Waals surface area (Å²) in [6.07, 6.45) is 3.05. The van der Waals surface area contributed by atoms with Crippen LogP contribution in [-0.2, 0) is 6.42 Å². The molecule has 1 heterocycles. The van der Waals surface area contributed by atoms with E-state index in [-0.39, 0.29) is 0 Å². The molecule has 0 unspecified atom stereocenters. The highest BCUT2D eigenvalue weighted by molar-refractivity contribution is 5.72. The van der Waals surface area contributed by atoms with Crippen molar-refractivity contribution in [1.29, 1.82) is 0 Å². The van der Waals surface area contributed by atoms with Crippen LogP contribution in [0.2, 0.25) is 0 Å². The molecule has 2 nitrogen and oxygen atoms in total. The van der Waals surface area contributed by atoms with Crippen LogP contribution in [0.5, 0.6) is 0 Å². The van der Waals surface area contributed by atoms with Gasteiger partial charge < -0.3 is 4.57 Å². The van der Waals surface area contributed by atoms with E-state index in [1.165, 1.54) is 5.69 Å². The maximum Gasteiger partial charge on any atom is 0.166 e. The van der Waals surface area contributed by atoms with Crippen LogP contribution < -0.4 is 0 Å². The normalized spacial score (nSPS) is 13.1. The van der Waals surface area contributed by atoms with Gasteiger partial charge in [-0.25, -0.2) is 0 Å². The zero-order valence-corrected chi connectivity index (χ0v) is 10.2. The lowest BCUT2D eigenvalue weighted by atomic mass is 10.1. The number of carbonyl (C=O) groups excluding carboxylic acids is 1. The highest BCUT2D eigenvalue weighted by atomic mass is 16.1. The molecule has 84 valence electrons. The van der Waals surface area contributed by atoms with Crippen LogP contribution in [0.3, 0.4) is 0 Å². The Bertz CT molecular complexity index is 325. The first-order valence-corrected chi connectivity index (χ1v) is 5.75. The van der Waals surface area contributed by atoms with Crippen LogP contribution in [0.25, 0.3) is 0 Å². The summed E-state index contributed by atoms with van der Waals surface area (Å²) in [6, 6.07) is 4.42. The van der Waals surface area contributed by atoms with E-state index in [0.717, 1.165) is 24.8 Å². The van der Waals surface area contributed by atoms with Crippen molar-refractivity contribution < 1.29 is 4.79 Å². The first kappa shape index (κ1) is 12.0. The van der Waals surface area contributed by atoms with E-state index in [0.29, 0.717) is 12.0 Å². The number of nitrogens with zero attached hydrogens (tertiary/aromatic N) is 1. The van der Waals surface area contributed by atoms with Crippen molar-refractivity contribution in [3.05, 3.63) is 23.5 Å². The van der Waals surface area contributed by atoms with Gasteiger partial charge in [0.05, 0.1) is 5.69 Å². The van der Waals surface area contributed by atoms with Gasteiger partial charge in [-0.15, -0.1) is 0 Å². The Morgan fingerprint density at radius 2 is 2.00 bits per heavy atom. The molecule has 1 aromatic rings. The van der Waals surface area contributed by atoms with E-state index in [2.05, 4.69) is 38.3 Å². The third kappa shape index (κ3) is 2.71. The second-order valence-corrected chi connectivity index (χ2v) is 4.59. The smallest absolute Gasteiger partial charge is 0.166 e. The largest absolute Gasteiger partial charge is 0.340 e. The number of hydrogen-bond donors (Lipinski definition) is 0. The van der Waals surface area contributed by atoms with Crippen LogP contribution in [-0.4, -0.2) is 10.9 Å². The van der Waals surface area contributed by atoms with Crippen molar-refractivity contribution in [2.45, 2.75) is 46.6 Å². The monoisotopic (exact) mass is 207 g/mol. The first-order valence-electron chi connectivity index (χ1n) is 5.75. The van der Waals surface area contributed by atoms with Gasteiger partial charge in [0.2, 0.25) is 0 Å². The van der Waals surface area contributed by atoms with E-state index in [1.54, 1.807) is 0 Å². The van der Waals surface area contributed by atoms with Crippen LogP contribution in [0.1, 0.15) is 56.3 Å². The number of rotatable bonds is 5. The molecule has 15 heavy (non-hydrogen) atoms. The summed E-state index contributed by atoms with van der Waals surface area (Å²) in [7, 11) is 0. The van der Waals surface area contributed by atoms with Gasteiger partial charge in [0.1, 0.15) is 0 Å². The zero-order valence-electron chi connectivity index (χ0n) is 10.2. The molecule has 0 bridgehead atoms. The van der Waals surface area contributed by atoms with E-state index >= 15 is 0 Å². The lowest BCUT2D eigenvalue weighted by Crippen LogP contribution is -2.12. The van der Waals surface area contributed by atoms with Crippen molar-refractivity contribution in [3.8, 4) is 0 Å². The van der Waals surface area contributed by atoms with Gasteiger partial charge >= 0.3 is 0 Å². The molecule has 0 saturated carbocycles. The summed E-state index contributed by atoms with van der Waals surface area (Å²) in [5, 5.41) is 0. The molecule has 0 radical (unpaired) electrons. The molecular weight excluding hydrogens is 186 g/mol. The minimum absolute atomic E-state index is 0.411. The van der Waals surface area contributed by atoms with Crippen LogP contribution in [0.4, 0.5) is 0 Å². The van der Waals surface area contributed by atoms with Gasteiger partial charge in [-0.2, -0.15) is 0 Å². The van der Waals surface area contributed by atoms with E-state index in [4.69, 9.17) is 0 Å². The van der Waals surface area contributed by atoms with E-state index in [9.17, 15) is 4.79 Å². The summed E-state index contributed by atoms with van der Waals surface area (Å²) in [6.45, 7) is 8.72. The van der Waals surface area contributed by atoms with Gasteiger partial charge in [-0.05, 0) is 37.8 Å². The molecule has 0 amide bonds. The number of aromatic nitrogens is 1. The number of hydrogen-bond acceptors (Lipinski definition) is 1. The Hall–Kier alpha value is -1.05. The quantitative estimate of drug-likeness (QED) is 0.678. The molecule has 1 atom stereocenters. The highest BCUT2D eigenvalue weighted by Crippen LogP contribution is 2.20. The maximum absolute atomic E-state index is 10.9. The second kappa shape index (κ2) is 5.15. The van der Waals surface area contributed by atoms with Crippen molar-refractivity contribution in [1.82, 2.24) is 4.57 Å². The predicted molar refractivity (Wildman–Crippen MR) is 63.4 cm³/mol. The topological polar surface area (TPSA) is 22.0 Å². The molecule has 2 heteroatoms. The molecule has 0 saturated heterocycles. The summed E-state index contributed by atoms with van der Waals surface area (Å²) >= 11 is 0. The lowest BCUT2D eigenvalue weighted by molar-refractivity contribution is 0.111. The van der Waals surface area contributed by atoms with Crippen LogP contribution in [0.15, 0.2) is 12.1 Å². The third-order valence-corrected chi connectivity index (χ3v) is 2.80. The van der Waals surface area contributed by atoms with Crippen LogP contribution >= 0.6 is 0 Å². The lowest BCUT2D eigenvalue weighted by Gasteiger charge is -2.18. The minimum Gasteiger partial charge on any atom is -0.340 e. The molecule has 0 fully saturated rings. The molecule has 1 rings (SSSR count). The first-order chi connectivity index (χ1) is 7.10. The molecule has 0 spiro atoms. The SMILES string of the molecule is CC[C@H](C)n1c(C=O)ccc1CC(C)C.